The SMILES string of the molecule is CC.CC(C)CNCc1ccc2ccccc2n1. The van der Waals surface area contributed by atoms with E-state index in [0.29, 0.717) is 5.92 Å². The Bertz CT molecular complexity index is 463. The highest BCUT2D eigenvalue weighted by atomic mass is 14.9. The van der Waals surface area contributed by atoms with Crippen molar-refractivity contribution in [1.29, 1.82) is 0 Å². The van der Waals surface area contributed by atoms with Gasteiger partial charge in [0.15, 0.2) is 0 Å². The lowest BCUT2D eigenvalue weighted by molar-refractivity contribution is 0.549. The molecule has 2 nitrogen and oxygen atoms in total. The van der Waals surface area contributed by atoms with Gasteiger partial charge >= 0.3 is 0 Å². The smallest absolute Gasteiger partial charge is 0.0705 e. The van der Waals surface area contributed by atoms with Crippen LogP contribution in [0, 0.1) is 5.92 Å². The van der Waals surface area contributed by atoms with Gasteiger partial charge in [-0.15, -0.1) is 0 Å². The Morgan fingerprint density at radius 1 is 1.06 bits per heavy atom. The molecule has 0 aliphatic carbocycles. The number of benzene rings is 1. The van der Waals surface area contributed by atoms with Gasteiger partial charge in [0.05, 0.1) is 11.2 Å². The summed E-state index contributed by atoms with van der Waals surface area (Å²) in [4.78, 5) is 4.61. The lowest BCUT2D eigenvalue weighted by atomic mass is 10.2. The summed E-state index contributed by atoms with van der Waals surface area (Å²) in [6.45, 7) is 10.3. The molecule has 0 saturated heterocycles. The first-order chi connectivity index (χ1) is 8.75. The first-order valence-electron chi connectivity index (χ1n) is 6.81. The third kappa shape index (κ3) is 4.46. The standard InChI is InChI=1S/C14H18N2.C2H6/c1-11(2)9-15-10-13-8-7-12-5-3-4-6-14(12)16-13;1-2/h3-8,11,15H,9-10H2,1-2H3;1-2H3. The molecule has 0 fully saturated rings. The van der Waals surface area contributed by atoms with E-state index in [4.69, 9.17) is 0 Å². The molecule has 98 valence electrons. The Morgan fingerprint density at radius 2 is 1.78 bits per heavy atom. The largest absolute Gasteiger partial charge is 0.311 e. The van der Waals surface area contributed by atoms with Crippen LogP contribution < -0.4 is 5.32 Å². The highest BCUT2D eigenvalue weighted by Gasteiger charge is 1.98. The maximum absolute atomic E-state index is 4.61. The number of aromatic nitrogens is 1. The van der Waals surface area contributed by atoms with E-state index < -0.39 is 0 Å². The highest BCUT2D eigenvalue weighted by Crippen LogP contribution is 2.11. The first-order valence-corrected chi connectivity index (χ1v) is 6.81. The summed E-state index contributed by atoms with van der Waals surface area (Å²) in [7, 11) is 0. The number of para-hydroxylation sites is 1. The number of nitrogens with one attached hydrogen (secondary N) is 1. The van der Waals surface area contributed by atoms with Crippen molar-refractivity contribution >= 4 is 10.9 Å². The molecule has 18 heavy (non-hydrogen) atoms. The minimum Gasteiger partial charge on any atom is -0.311 e. The fourth-order valence-electron chi connectivity index (χ4n) is 1.70. The van der Waals surface area contributed by atoms with Gasteiger partial charge in [-0.1, -0.05) is 52.0 Å². The van der Waals surface area contributed by atoms with Gasteiger partial charge in [-0.25, -0.2) is 0 Å². The van der Waals surface area contributed by atoms with Gasteiger partial charge in [0.2, 0.25) is 0 Å². The van der Waals surface area contributed by atoms with Crippen molar-refractivity contribution in [2.45, 2.75) is 34.2 Å². The average molecular weight is 244 g/mol. The summed E-state index contributed by atoms with van der Waals surface area (Å²) < 4.78 is 0. The molecule has 0 unspecified atom stereocenters. The van der Waals surface area contributed by atoms with E-state index in [1.54, 1.807) is 0 Å². The molecule has 1 heterocycles. The molecule has 1 aromatic heterocycles. The van der Waals surface area contributed by atoms with E-state index in [2.05, 4.69) is 48.4 Å². The Morgan fingerprint density at radius 3 is 2.50 bits per heavy atom. The summed E-state index contributed by atoms with van der Waals surface area (Å²) in [6, 6.07) is 12.4. The fraction of sp³-hybridized carbons (Fsp3) is 0.438. The molecule has 0 aliphatic heterocycles. The molecule has 1 aromatic carbocycles. The number of hydrogen-bond acceptors (Lipinski definition) is 2. The van der Waals surface area contributed by atoms with Crippen LogP contribution in [0.15, 0.2) is 36.4 Å². The molecule has 0 atom stereocenters. The quantitative estimate of drug-likeness (QED) is 0.879. The lowest BCUT2D eigenvalue weighted by Crippen LogP contribution is -2.19. The molecule has 0 amide bonds. The minimum atomic E-state index is 0.681. The summed E-state index contributed by atoms with van der Waals surface area (Å²) in [5.41, 5.74) is 2.19. The number of nitrogens with zero attached hydrogens (tertiary/aromatic N) is 1. The molecular weight excluding hydrogens is 220 g/mol. The maximum Gasteiger partial charge on any atom is 0.0705 e. The molecule has 0 saturated carbocycles. The molecule has 2 rings (SSSR count). The third-order valence-corrected chi connectivity index (χ3v) is 2.51. The van der Waals surface area contributed by atoms with E-state index in [0.717, 1.165) is 24.3 Å². The third-order valence-electron chi connectivity index (χ3n) is 2.51. The molecule has 1 N–H and O–H groups in total. The number of fused-ring (bicyclic) bond motifs is 1. The average Bonchev–Trinajstić information content (AvgIpc) is 2.40. The molecule has 0 bridgehead atoms. The van der Waals surface area contributed by atoms with Gasteiger partial charge in [0.1, 0.15) is 0 Å². The summed E-state index contributed by atoms with van der Waals surface area (Å²) in [5, 5.41) is 4.61. The van der Waals surface area contributed by atoms with Crippen LogP contribution in [0.1, 0.15) is 33.4 Å². The zero-order valence-corrected chi connectivity index (χ0v) is 11.9. The van der Waals surface area contributed by atoms with Crippen LogP contribution in [0.2, 0.25) is 0 Å². The predicted molar refractivity (Wildman–Crippen MR) is 79.6 cm³/mol. The van der Waals surface area contributed by atoms with Crippen molar-refractivity contribution in [2.24, 2.45) is 5.92 Å². The van der Waals surface area contributed by atoms with Crippen molar-refractivity contribution < 1.29 is 0 Å². The normalized spacial score (nSPS) is 10.3. The first kappa shape index (κ1) is 14.7. The highest BCUT2D eigenvalue weighted by molar-refractivity contribution is 5.78. The Labute approximate surface area is 110 Å². The van der Waals surface area contributed by atoms with Gasteiger partial charge in [0.25, 0.3) is 0 Å². The number of pyridine rings is 1. The van der Waals surface area contributed by atoms with Crippen LogP contribution in [0.4, 0.5) is 0 Å². The van der Waals surface area contributed by atoms with Crippen LogP contribution in [-0.4, -0.2) is 11.5 Å². The minimum absolute atomic E-state index is 0.681. The Hall–Kier alpha value is -1.41. The second-order valence-electron chi connectivity index (χ2n) is 4.52. The summed E-state index contributed by atoms with van der Waals surface area (Å²) >= 11 is 0. The predicted octanol–water partition coefficient (Wildman–Crippen LogP) is 4.01. The van der Waals surface area contributed by atoms with Crippen molar-refractivity contribution in [3.8, 4) is 0 Å². The second-order valence-corrected chi connectivity index (χ2v) is 4.52. The van der Waals surface area contributed by atoms with Crippen molar-refractivity contribution in [1.82, 2.24) is 10.3 Å². The van der Waals surface area contributed by atoms with E-state index in [1.165, 1.54) is 5.39 Å². The molecule has 0 aliphatic rings. The fourth-order valence-corrected chi connectivity index (χ4v) is 1.70. The van der Waals surface area contributed by atoms with E-state index in [9.17, 15) is 0 Å². The van der Waals surface area contributed by atoms with Crippen LogP contribution in [0.3, 0.4) is 0 Å². The molecule has 2 aromatic rings. The van der Waals surface area contributed by atoms with Gasteiger partial charge in [0, 0.05) is 11.9 Å². The van der Waals surface area contributed by atoms with Crippen molar-refractivity contribution in [3.63, 3.8) is 0 Å². The molecular formula is C16H24N2. The van der Waals surface area contributed by atoms with Crippen molar-refractivity contribution in [2.75, 3.05) is 6.54 Å². The van der Waals surface area contributed by atoms with E-state index in [1.807, 2.05) is 26.0 Å². The van der Waals surface area contributed by atoms with Gasteiger partial charge in [-0.05, 0) is 24.6 Å². The van der Waals surface area contributed by atoms with E-state index in [-0.39, 0.29) is 0 Å². The van der Waals surface area contributed by atoms with Gasteiger partial charge in [-0.2, -0.15) is 0 Å². The Balaban J connectivity index is 0.000000771. The molecule has 0 spiro atoms. The number of rotatable bonds is 4. The van der Waals surface area contributed by atoms with Gasteiger partial charge < -0.3 is 5.32 Å². The topological polar surface area (TPSA) is 24.9 Å². The molecule has 2 heteroatoms. The molecule has 0 radical (unpaired) electrons. The van der Waals surface area contributed by atoms with Gasteiger partial charge in [-0.3, -0.25) is 4.98 Å². The zero-order chi connectivity index (χ0) is 13.4. The van der Waals surface area contributed by atoms with Crippen molar-refractivity contribution in [3.05, 3.63) is 42.1 Å². The zero-order valence-electron chi connectivity index (χ0n) is 11.9. The van der Waals surface area contributed by atoms with Crippen LogP contribution in [0.5, 0.6) is 0 Å². The lowest BCUT2D eigenvalue weighted by Gasteiger charge is -2.07. The van der Waals surface area contributed by atoms with E-state index >= 15 is 0 Å². The number of hydrogen-bond donors (Lipinski definition) is 1. The summed E-state index contributed by atoms with van der Waals surface area (Å²) in [6.07, 6.45) is 0. The Kier molecular flexibility index (Phi) is 6.37. The maximum atomic E-state index is 4.61. The van der Waals surface area contributed by atoms with Crippen LogP contribution in [-0.2, 0) is 6.54 Å². The summed E-state index contributed by atoms with van der Waals surface area (Å²) in [5.74, 6) is 0.681. The van der Waals surface area contributed by atoms with Crippen LogP contribution in [0.25, 0.3) is 10.9 Å². The monoisotopic (exact) mass is 244 g/mol. The van der Waals surface area contributed by atoms with Crippen LogP contribution >= 0.6 is 0 Å². The second kappa shape index (κ2) is 7.83.